The summed E-state index contributed by atoms with van der Waals surface area (Å²) in [4.78, 5) is 5.08. The van der Waals surface area contributed by atoms with Crippen LogP contribution in [0.3, 0.4) is 0 Å². The van der Waals surface area contributed by atoms with Crippen LogP contribution in [0.2, 0.25) is 0 Å². The summed E-state index contributed by atoms with van der Waals surface area (Å²) in [6.45, 7) is 5.60. The summed E-state index contributed by atoms with van der Waals surface area (Å²) in [6, 6.07) is 12.9. The number of piperazine rings is 1. The summed E-state index contributed by atoms with van der Waals surface area (Å²) < 4.78 is 22.7. The molecule has 0 amide bonds. The molecule has 31 heavy (non-hydrogen) atoms. The number of nitrogens with one attached hydrogen (secondary N) is 1. The van der Waals surface area contributed by atoms with Gasteiger partial charge < -0.3 is 9.45 Å². The molecule has 5 rings (SSSR count). The van der Waals surface area contributed by atoms with Crippen molar-refractivity contribution in [2.75, 3.05) is 37.6 Å². The number of hydrogen-bond acceptors (Lipinski definition) is 7. The average molecular weight is 475 g/mol. The minimum absolute atomic E-state index is 0.399. The molecule has 2 aliphatic rings. The Balaban J connectivity index is 1.03. The van der Waals surface area contributed by atoms with Gasteiger partial charge in [-0.3, -0.25) is 4.90 Å². The molecular weight excluding hydrogens is 444 g/mol. The maximum atomic E-state index is 12.4. The molecule has 1 saturated carbocycles. The van der Waals surface area contributed by atoms with Gasteiger partial charge in [0.2, 0.25) is 4.21 Å². The highest BCUT2D eigenvalue weighted by Gasteiger charge is 2.27. The van der Waals surface area contributed by atoms with Crippen molar-refractivity contribution in [2.24, 2.45) is 5.92 Å². The lowest BCUT2D eigenvalue weighted by Gasteiger charge is -2.36. The number of anilines is 1. The number of nitrogens with zero attached hydrogens (tertiary/aromatic N) is 3. The summed E-state index contributed by atoms with van der Waals surface area (Å²) >= 11 is 2.14. The number of thiophene rings is 1. The maximum absolute atomic E-state index is 12.4. The van der Waals surface area contributed by atoms with Crippen molar-refractivity contribution >= 4 is 50.1 Å². The van der Waals surface area contributed by atoms with Crippen LogP contribution in [0.5, 0.6) is 0 Å². The van der Waals surface area contributed by atoms with Crippen LogP contribution in [-0.2, 0) is 11.4 Å². The largest absolute Gasteiger partial charge is 0.592 e. The van der Waals surface area contributed by atoms with E-state index in [1.54, 1.807) is 22.9 Å². The van der Waals surface area contributed by atoms with E-state index in [2.05, 4.69) is 38.8 Å². The number of hydrogen-bond donors (Lipinski definition) is 1. The lowest BCUT2D eigenvalue weighted by Crippen LogP contribution is -2.47. The van der Waals surface area contributed by atoms with Gasteiger partial charge in [0.15, 0.2) is 0 Å². The molecule has 1 unspecified atom stereocenters. The first kappa shape index (κ1) is 21.7. The van der Waals surface area contributed by atoms with Gasteiger partial charge in [-0.15, -0.1) is 4.72 Å². The van der Waals surface area contributed by atoms with E-state index in [1.807, 2.05) is 17.5 Å². The number of rotatable bonds is 7. The van der Waals surface area contributed by atoms with Crippen LogP contribution in [0.15, 0.2) is 46.0 Å². The Kier molecular flexibility index (Phi) is 7.12. The second kappa shape index (κ2) is 10.2. The molecule has 166 valence electrons. The standard InChI is InChI=1S/C23H30N4OS3/c28-31(22-6-3-17-29-22)25-19-9-7-18(8-10-19)11-12-26-13-15-27(16-14-26)23-20-4-1-2-5-21(20)30-24-23/h1-6,17-19,25H,7-16H2. The van der Waals surface area contributed by atoms with Crippen molar-refractivity contribution in [2.45, 2.75) is 42.4 Å². The van der Waals surface area contributed by atoms with Gasteiger partial charge in [-0.05, 0) is 79.7 Å². The highest BCUT2D eigenvalue weighted by atomic mass is 32.2. The molecule has 1 atom stereocenters. The number of benzene rings is 1. The van der Waals surface area contributed by atoms with E-state index in [1.165, 1.54) is 41.7 Å². The monoisotopic (exact) mass is 474 g/mol. The van der Waals surface area contributed by atoms with Crippen LogP contribution in [0.4, 0.5) is 5.82 Å². The van der Waals surface area contributed by atoms with Crippen LogP contribution < -0.4 is 9.62 Å². The topological polar surface area (TPSA) is 54.5 Å². The third-order valence-electron chi connectivity index (χ3n) is 6.68. The van der Waals surface area contributed by atoms with E-state index in [0.717, 1.165) is 49.1 Å². The minimum atomic E-state index is -1.04. The summed E-state index contributed by atoms with van der Waals surface area (Å²) in [7, 11) is 0. The molecule has 0 spiro atoms. The second-order valence-corrected chi connectivity index (χ2v) is 11.9. The van der Waals surface area contributed by atoms with Crippen molar-refractivity contribution in [1.82, 2.24) is 14.0 Å². The first-order chi connectivity index (χ1) is 15.3. The summed E-state index contributed by atoms with van der Waals surface area (Å²) in [6.07, 6.45) is 6.09. The SMILES string of the molecule is [O-][S+](NC1CCC(CCN2CCN(c3nsc4ccccc34)CC2)CC1)c1cccs1. The predicted octanol–water partition coefficient (Wildman–Crippen LogP) is 4.74. The first-order valence-corrected chi connectivity index (χ1v) is 14.1. The van der Waals surface area contributed by atoms with Crippen molar-refractivity contribution < 1.29 is 4.55 Å². The Bertz CT molecular complexity index is 947. The van der Waals surface area contributed by atoms with E-state index < -0.39 is 11.4 Å². The summed E-state index contributed by atoms with van der Waals surface area (Å²) in [5, 5.41) is 3.29. The van der Waals surface area contributed by atoms with Gasteiger partial charge >= 0.3 is 0 Å². The van der Waals surface area contributed by atoms with Crippen LogP contribution in [-0.4, -0.2) is 52.6 Å². The van der Waals surface area contributed by atoms with Gasteiger partial charge in [-0.1, -0.05) is 23.5 Å². The molecule has 0 bridgehead atoms. The fourth-order valence-electron chi connectivity index (χ4n) is 4.80. The normalized spacial score (nSPS) is 24.0. The fourth-order valence-corrected chi connectivity index (χ4v) is 7.56. The zero-order valence-electron chi connectivity index (χ0n) is 17.7. The molecule has 0 radical (unpaired) electrons. The third-order valence-corrected chi connectivity index (χ3v) is 9.95. The van der Waals surface area contributed by atoms with E-state index in [0.29, 0.717) is 6.04 Å². The molecule has 1 saturated heterocycles. The average Bonchev–Trinajstić information content (AvgIpc) is 3.49. The van der Waals surface area contributed by atoms with Gasteiger partial charge in [-0.25, -0.2) is 0 Å². The summed E-state index contributed by atoms with van der Waals surface area (Å²) in [5.74, 6) is 1.99. The highest BCUT2D eigenvalue weighted by Crippen LogP contribution is 2.31. The van der Waals surface area contributed by atoms with Crippen molar-refractivity contribution in [1.29, 1.82) is 0 Å². The molecule has 3 heterocycles. The van der Waals surface area contributed by atoms with E-state index in [4.69, 9.17) is 4.37 Å². The minimum Gasteiger partial charge on any atom is -0.592 e. The molecule has 1 aliphatic carbocycles. The van der Waals surface area contributed by atoms with Crippen molar-refractivity contribution in [3.63, 3.8) is 0 Å². The Labute approximate surface area is 195 Å². The van der Waals surface area contributed by atoms with E-state index in [-0.39, 0.29) is 0 Å². The molecule has 2 aromatic heterocycles. The van der Waals surface area contributed by atoms with Crippen LogP contribution in [0, 0.1) is 5.92 Å². The predicted molar refractivity (Wildman–Crippen MR) is 132 cm³/mol. The Morgan fingerprint density at radius 3 is 2.61 bits per heavy atom. The van der Waals surface area contributed by atoms with Crippen LogP contribution in [0.1, 0.15) is 32.1 Å². The molecule has 1 aromatic carbocycles. The lowest BCUT2D eigenvalue weighted by atomic mass is 9.84. The zero-order chi connectivity index (χ0) is 21.0. The number of fused-ring (bicyclic) bond motifs is 1. The van der Waals surface area contributed by atoms with E-state index in [9.17, 15) is 4.55 Å². The lowest BCUT2D eigenvalue weighted by molar-refractivity contribution is 0.214. The summed E-state index contributed by atoms with van der Waals surface area (Å²) in [5.41, 5.74) is 0. The van der Waals surface area contributed by atoms with Gasteiger partial charge in [-0.2, -0.15) is 4.37 Å². The van der Waals surface area contributed by atoms with Crippen molar-refractivity contribution in [3.8, 4) is 0 Å². The quantitative estimate of drug-likeness (QED) is 0.501. The number of aromatic nitrogens is 1. The molecular formula is C23H30N4OS3. The second-order valence-electron chi connectivity index (χ2n) is 8.66. The highest BCUT2D eigenvalue weighted by molar-refractivity contribution is 7.91. The molecule has 5 nitrogen and oxygen atoms in total. The van der Waals surface area contributed by atoms with Gasteiger partial charge in [0.25, 0.3) is 0 Å². The Morgan fingerprint density at radius 2 is 1.84 bits per heavy atom. The first-order valence-electron chi connectivity index (χ1n) is 11.3. The van der Waals surface area contributed by atoms with Crippen LogP contribution >= 0.6 is 22.9 Å². The van der Waals surface area contributed by atoms with Crippen LogP contribution in [0.25, 0.3) is 10.1 Å². The molecule has 1 N–H and O–H groups in total. The Morgan fingerprint density at radius 1 is 1.03 bits per heavy atom. The molecule has 2 fully saturated rings. The van der Waals surface area contributed by atoms with Gasteiger partial charge in [0.05, 0.1) is 22.1 Å². The maximum Gasteiger partial charge on any atom is 0.227 e. The molecule has 1 aliphatic heterocycles. The van der Waals surface area contributed by atoms with E-state index >= 15 is 0 Å². The molecule has 3 aromatic rings. The fraction of sp³-hybridized carbons (Fsp3) is 0.522. The Hall–Kier alpha value is -1.16. The van der Waals surface area contributed by atoms with Gasteiger partial charge in [0, 0.05) is 37.6 Å². The third kappa shape index (κ3) is 5.26. The molecule has 8 heteroatoms. The van der Waals surface area contributed by atoms with Gasteiger partial charge in [0.1, 0.15) is 5.82 Å². The smallest absolute Gasteiger partial charge is 0.227 e. The van der Waals surface area contributed by atoms with Crippen molar-refractivity contribution in [3.05, 3.63) is 41.8 Å². The zero-order valence-corrected chi connectivity index (χ0v) is 20.2.